The Kier molecular flexibility index (Phi) is 6.72. The molecule has 1 aromatic heterocycles. The minimum absolute atomic E-state index is 0.393. The molecule has 2 aromatic carbocycles. The number of carbonyl (C=O) groups excluding carboxylic acids is 2. The lowest BCUT2D eigenvalue weighted by molar-refractivity contribution is -0.109. The summed E-state index contributed by atoms with van der Waals surface area (Å²) in [6, 6.07) is 16.8. The summed E-state index contributed by atoms with van der Waals surface area (Å²) in [5, 5.41) is 6.78. The van der Waals surface area contributed by atoms with Gasteiger partial charge < -0.3 is 20.3 Å². The molecule has 0 bridgehead atoms. The van der Waals surface area contributed by atoms with E-state index in [0.717, 1.165) is 21.5 Å². The molecule has 140 valence electrons. The number of carbonyl (C=O) groups is 2. The van der Waals surface area contributed by atoms with Gasteiger partial charge in [-0.05, 0) is 35.6 Å². The van der Waals surface area contributed by atoms with Crippen molar-refractivity contribution in [1.29, 1.82) is 0 Å². The van der Waals surface area contributed by atoms with Gasteiger partial charge in [0.15, 0.2) is 0 Å². The monoisotopic (exact) mass is 384 g/mol. The van der Waals surface area contributed by atoms with Crippen LogP contribution in [0.5, 0.6) is 0 Å². The van der Waals surface area contributed by atoms with Crippen LogP contribution >= 0.6 is 11.5 Å². The highest BCUT2D eigenvalue weighted by molar-refractivity contribution is 7.13. The molecule has 1 heterocycles. The lowest BCUT2D eigenvalue weighted by Gasteiger charge is -2.13. The Balaban J connectivity index is 1.36. The Morgan fingerprint density at radius 2 is 1.89 bits per heavy atom. The van der Waals surface area contributed by atoms with Gasteiger partial charge in [-0.15, -0.1) is 5.48 Å². The Morgan fingerprint density at radius 1 is 1.11 bits per heavy atom. The number of benzene rings is 2. The van der Waals surface area contributed by atoms with Crippen molar-refractivity contribution in [3.8, 4) is 0 Å². The predicted octanol–water partition coefficient (Wildman–Crippen LogP) is 2.75. The summed E-state index contributed by atoms with van der Waals surface area (Å²) in [7, 11) is 0. The van der Waals surface area contributed by atoms with Gasteiger partial charge in [0.25, 0.3) is 0 Å². The molecule has 0 fully saturated rings. The van der Waals surface area contributed by atoms with Gasteiger partial charge in [0.2, 0.25) is 0 Å². The Labute approximate surface area is 160 Å². The molecule has 1 amide bonds. The Morgan fingerprint density at radius 3 is 2.70 bits per heavy atom. The first-order chi connectivity index (χ1) is 13.3. The number of hydroxylamine groups is 1. The van der Waals surface area contributed by atoms with Crippen molar-refractivity contribution in [3.05, 3.63) is 60.2 Å². The molecule has 3 aromatic rings. The molecule has 7 nitrogen and oxygen atoms in total. The van der Waals surface area contributed by atoms with Crippen LogP contribution < -0.4 is 16.1 Å². The van der Waals surface area contributed by atoms with Crippen LogP contribution in [0.15, 0.2) is 54.6 Å². The molecule has 3 N–H and O–H groups in total. The number of hydrogen-bond donors (Lipinski definition) is 3. The van der Waals surface area contributed by atoms with E-state index in [1.165, 1.54) is 11.5 Å². The van der Waals surface area contributed by atoms with E-state index < -0.39 is 12.1 Å². The zero-order chi connectivity index (χ0) is 18.9. The third-order valence-electron chi connectivity index (χ3n) is 3.83. The van der Waals surface area contributed by atoms with Crippen LogP contribution in [0.2, 0.25) is 0 Å². The van der Waals surface area contributed by atoms with E-state index in [9.17, 15) is 9.59 Å². The van der Waals surface area contributed by atoms with Gasteiger partial charge in [-0.3, -0.25) is 0 Å². The van der Waals surface area contributed by atoms with E-state index in [4.69, 9.17) is 4.84 Å². The molecule has 0 saturated carbocycles. The van der Waals surface area contributed by atoms with Crippen LogP contribution in [-0.2, 0) is 16.1 Å². The van der Waals surface area contributed by atoms with Crippen molar-refractivity contribution in [2.24, 2.45) is 0 Å². The second-order valence-electron chi connectivity index (χ2n) is 5.81. The number of aromatic nitrogens is 1. The molecule has 0 spiro atoms. The molecule has 1 unspecified atom stereocenters. The summed E-state index contributed by atoms with van der Waals surface area (Å²) in [4.78, 5) is 27.8. The molecule has 0 radical (unpaired) electrons. The predicted molar refractivity (Wildman–Crippen MR) is 106 cm³/mol. The highest BCUT2D eigenvalue weighted by Crippen LogP contribution is 2.25. The molecule has 0 aliphatic carbocycles. The number of rotatable bonds is 9. The molecular formula is C19H20N4O3S. The van der Waals surface area contributed by atoms with Crippen LogP contribution in [-0.4, -0.2) is 35.9 Å². The van der Waals surface area contributed by atoms with Crippen LogP contribution in [0, 0.1) is 0 Å². The highest BCUT2D eigenvalue weighted by Gasteiger charge is 2.13. The second-order valence-corrected chi connectivity index (χ2v) is 6.62. The standard InChI is InChI=1S/C19H20N4O3S/c24-13-15(12-14-6-2-1-3-7-14)22-19(25)26-21-11-10-20-18-16-8-4-5-9-17(16)27-23-18/h1-9,13,15,21H,10-12H2,(H,20,23)(H,22,25). The molecular weight excluding hydrogens is 364 g/mol. The van der Waals surface area contributed by atoms with Crippen molar-refractivity contribution >= 4 is 39.8 Å². The smallest absolute Gasteiger partial charge is 0.367 e. The first kappa shape index (κ1) is 18.8. The molecule has 27 heavy (non-hydrogen) atoms. The van der Waals surface area contributed by atoms with E-state index in [1.807, 2.05) is 54.6 Å². The highest BCUT2D eigenvalue weighted by atomic mass is 32.1. The van der Waals surface area contributed by atoms with Crippen molar-refractivity contribution < 1.29 is 14.4 Å². The fourth-order valence-corrected chi connectivity index (χ4v) is 3.30. The molecule has 0 aliphatic heterocycles. The van der Waals surface area contributed by atoms with E-state index in [-0.39, 0.29) is 0 Å². The number of amides is 1. The van der Waals surface area contributed by atoms with E-state index in [2.05, 4.69) is 20.5 Å². The van der Waals surface area contributed by atoms with Crippen molar-refractivity contribution in [2.75, 3.05) is 18.4 Å². The lowest BCUT2D eigenvalue weighted by atomic mass is 10.1. The fourth-order valence-electron chi connectivity index (χ4n) is 2.54. The van der Waals surface area contributed by atoms with Crippen molar-refractivity contribution in [3.63, 3.8) is 0 Å². The second kappa shape index (κ2) is 9.65. The van der Waals surface area contributed by atoms with Gasteiger partial charge in [-0.25, -0.2) is 4.79 Å². The van der Waals surface area contributed by atoms with E-state index in [1.54, 1.807) is 0 Å². The molecule has 3 rings (SSSR count). The Hall–Kier alpha value is -2.97. The quantitative estimate of drug-likeness (QED) is 0.298. The van der Waals surface area contributed by atoms with Crippen LogP contribution in [0.1, 0.15) is 5.56 Å². The SMILES string of the molecule is O=CC(Cc1ccccc1)NC(=O)ONCCNc1nsc2ccccc12. The molecule has 1 atom stereocenters. The summed E-state index contributed by atoms with van der Waals surface area (Å²) >= 11 is 1.43. The van der Waals surface area contributed by atoms with Gasteiger partial charge in [-0.1, -0.05) is 42.5 Å². The van der Waals surface area contributed by atoms with Crippen LogP contribution in [0.25, 0.3) is 10.1 Å². The summed E-state index contributed by atoms with van der Waals surface area (Å²) in [6.45, 7) is 0.922. The van der Waals surface area contributed by atoms with E-state index in [0.29, 0.717) is 25.8 Å². The van der Waals surface area contributed by atoms with Gasteiger partial charge in [0.05, 0.1) is 10.7 Å². The van der Waals surface area contributed by atoms with Crippen molar-refractivity contribution in [1.82, 2.24) is 15.2 Å². The average molecular weight is 384 g/mol. The van der Waals surface area contributed by atoms with Crippen LogP contribution in [0.4, 0.5) is 10.6 Å². The Bertz CT molecular complexity index is 885. The number of nitrogens with one attached hydrogen (secondary N) is 3. The minimum atomic E-state index is -0.692. The maximum atomic E-state index is 11.8. The normalized spacial score (nSPS) is 11.7. The maximum Gasteiger partial charge on any atom is 0.426 e. The zero-order valence-corrected chi connectivity index (χ0v) is 15.4. The lowest BCUT2D eigenvalue weighted by Crippen LogP contribution is -2.40. The first-order valence-corrected chi connectivity index (χ1v) is 9.31. The maximum absolute atomic E-state index is 11.8. The first-order valence-electron chi connectivity index (χ1n) is 8.54. The van der Waals surface area contributed by atoms with Gasteiger partial charge in [-0.2, -0.15) is 4.37 Å². The summed E-state index contributed by atoms with van der Waals surface area (Å²) < 4.78 is 5.48. The number of anilines is 1. The third kappa shape index (κ3) is 5.50. The summed E-state index contributed by atoms with van der Waals surface area (Å²) in [5.41, 5.74) is 3.53. The van der Waals surface area contributed by atoms with Gasteiger partial charge in [0, 0.05) is 18.5 Å². The average Bonchev–Trinajstić information content (AvgIpc) is 3.11. The topological polar surface area (TPSA) is 92.4 Å². The number of aldehydes is 1. The van der Waals surface area contributed by atoms with Gasteiger partial charge in [0.1, 0.15) is 12.1 Å². The van der Waals surface area contributed by atoms with E-state index >= 15 is 0 Å². The number of fused-ring (bicyclic) bond motifs is 1. The largest absolute Gasteiger partial charge is 0.426 e. The van der Waals surface area contributed by atoms with Crippen LogP contribution in [0.3, 0.4) is 0 Å². The number of hydrogen-bond acceptors (Lipinski definition) is 7. The van der Waals surface area contributed by atoms with Crippen molar-refractivity contribution in [2.45, 2.75) is 12.5 Å². The number of nitrogens with zero attached hydrogens (tertiary/aromatic N) is 1. The van der Waals surface area contributed by atoms with Gasteiger partial charge >= 0.3 is 6.09 Å². The summed E-state index contributed by atoms with van der Waals surface area (Å²) in [6.07, 6.45) is 0.420. The minimum Gasteiger partial charge on any atom is -0.367 e. The molecule has 0 aliphatic rings. The summed E-state index contributed by atoms with van der Waals surface area (Å²) in [5.74, 6) is 0.811. The molecule has 8 heteroatoms. The molecule has 0 saturated heterocycles. The zero-order valence-electron chi connectivity index (χ0n) is 14.6. The third-order valence-corrected chi connectivity index (χ3v) is 4.65. The fraction of sp³-hybridized carbons (Fsp3) is 0.211.